The average Bonchev–Trinajstić information content (AvgIpc) is 2.30. The molecule has 0 aliphatic heterocycles. The summed E-state index contributed by atoms with van der Waals surface area (Å²) in [5.41, 5.74) is 0. The van der Waals surface area contributed by atoms with Gasteiger partial charge in [0.1, 0.15) is 0 Å². The molecule has 1 N–H and O–H groups in total. The zero-order valence-electron chi connectivity index (χ0n) is 10.4. The van der Waals surface area contributed by atoms with E-state index in [2.05, 4.69) is 13.6 Å². The van der Waals surface area contributed by atoms with Gasteiger partial charge in [0.25, 0.3) is 0 Å². The summed E-state index contributed by atoms with van der Waals surface area (Å²) in [7, 11) is -7.26. The molecule has 0 aromatic rings. The molecule has 0 aliphatic rings. The van der Waals surface area contributed by atoms with Gasteiger partial charge in [-0.3, -0.25) is 13.6 Å². The van der Waals surface area contributed by atoms with E-state index < -0.39 is 15.2 Å². The van der Waals surface area contributed by atoms with Crippen LogP contribution in [-0.4, -0.2) is 24.7 Å². The molecular formula is C8H16N2O6P2. The molecule has 1 atom stereocenters. The second-order valence-electron chi connectivity index (χ2n) is 2.47. The predicted molar refractivity (Wildman–Crippen MR) is 63.5 cm³/mol. The van der Waals surface area contributed by atoms with Crippen LogP contribution in [0.1, 0.15) is 20.8 Å². The van der Waals surface area contributed by atoms with Crippen LogP contribution in [0.5, 0.6) is 0 Å². The average molecular weight is 298 g/mol. The van der Waals surface area contributed by atoms with Crippen molar-refractivity contribution in [3.8, 4) is 11.6 Å². The van der Waals surface area contributed by atoms with Gasteiger partial charge in [-0.05, 0) is 20.8 Å². The van der Waals surface area contributed by atoms with Crippen LogP contribution in [0.2, 0.25) is 0 Å². The maximum Gasteiger partial charge on any atom is 0.431 e. The van der Waals surface area contributed by atoms with Gasteiger partial charge < -0.3 is 4.89 Å². The summed E-state index contributed by atoms with van der Waals surface area (Å²) in [5.74, 6) is 2.62. The lowest BCUT2D eigenvalue weighted by Crippen LogP contribution is -1.92. The standard InChI is InChI=1S/C5H10NO3P.C3H6NO3P/c1-3-8-10(7,5-6)9-4-2;1-2-7-8(5,6)3-4/h3-4H2,1-2H3;2H2,1H3,(H,5,6). The summed E-state index contributed by atoms with van der Waals surface area (Å²) in [6, 6.07) is 0. The summed E-state index contributed by atoms with van der Waals surface area (Å²) >= 11 is 0. The van der Waals surface area contributed by atoms with Crippen molar-refractivity contribution in [3.05, 3.63) is 0 Å². The first-order chi connectivity index (χ1) is 8.30. The van der Waals surface area contributed by atoms with Gasteiger partial charge in [-0.1, -0.05) is 0 Å². The van der Waals surface area contributed by atoms with Crippen LogP contribution in [-0.2, 0) is 22.7 Å². The van der Waals surface area contributed by atoms with E-state index in [1.54, 1.807) is 20.8 Å². The predicted octanol–water partition coefficient (Wildman–Crippen LogP) is 2.42. The molecule has 0 saturated carbocycles. The summed E-state index contributed by atoms with van der Waals surface area (Å²) in [6.45, 7) is 5.39. The van der Waals surface area contributed by atoms with Crippen molar-refractivity contribution in [1.29, 1.82) is 10.5 Å². The summed E-state index contributed by atoms with van der Waals surface area (Å²) in [5, 5.41) is 16.1. The van der Waals surface area contributed by atoms with Gasteiger partial charge in [-0.15, -0.1) is 0 Å². The van der Waals surface area contributed by atoms with Crippen LogP contribution in [0.15, 0.2) is 0 Å². The molecule has 0 saturated heterocycles. The minimum atomic E-state index is -3.87. The Morgan fingerprint density at radius 2 is 1.33 bits per heavy atom. The van der Waals surface area contributed by atoms with Crippen molar-refractivity contribution in [2.45, 2.75) is 20.8 Å². The molecular weight excluding hydrogens is 282 g/mol. The van der Waals surface area contributed by atoms with Crippen LogP contribution in [0.3, 0.4) is 0 Å². The number of hydrogen-bond donors (Lipinski definition) is 1. The highest BCUT2D eigenvalue weighted by Gasteiger charge is 2.21. The largest absolute Gasteiger partial charge is 0.431 e. The third kappa shape index (κ3) is 10.4. The van der Waals surface area contributed by atoms with Gasteiger partial charge in [0.15, 0.2) is 11.6 Å². The van der Waals surface area contributed by atoms with E-state index >= 15 is 0 Å². The summed E-state index contributed by atoms with van der Waals surface area (Å²) in [4.78, 5) is 8.30. The van der Waals surface area contributed by atoms with Gasteiger partial charge in [0.2, 0.25) is 0 Å². The number of rotatable bonds is 6. The fraction of sp³-hybridized carbons (Fsp3) is 0.750. The number of nitriles is 2. The molecule has 0 radical (unpaired) electrons. The lowest BCUT2D eigenvalue weighted by atomic mass is 10.9. The van der Waals surface area contributed by atoms with Gasteiger partial charge in [-0.2, -0.15) is 10.5 Å². The molecule has 0 bridgehead atoms. The Morgan fingerprint density at radius 1 is 0.944 bits per heavy atom. The van der Waals surface area contributed by atoms with Crippen LogP contribution in [0.4, 0.5) is 0 Å². The first kappa shape index (κ1) is 19.6. The Morgan fingerprint density at radius 3 is 1.50 bits per heavy atom. The van der Waals surface area contributed by atoms with E-state index in [1.807, 2.05) is 0 Å². The molecule has 8 nitrogen and oxygen atoms in total. The van der Waals surface area contributed by atoms with Crippen molar-refractivity contribution in [2.75, 3.05) is 19.8 Å². The molecule has 18 heavy (non-hydrogen) atoms. The molecule has 104 valence electrons. The normalized spacial score (nSPS) is 13.4. The molecule has 0 aromatic carbocycles. The van der Waals surface area contributed by atoms with E-state index in [0.717, 1.165) is 5.81 Å². The highest BCUT2D eigenvalue weighted by Crippen LogP contribution is 2.46. The molecule has 0 heterocycles. The third-order valence-electron chi connectivity index (χ3n) is 1.15. The maximum absolute atomic E-state index is 11.0. The van der Waals surface area contributed by atoms with E-state index in [-0.39, 0.29) is 19.8 Å². The van der Waals surface area contributed by atoms with Crippen molar-refractivity contribution < 1.29 is 27.6 Å². The molecule has 0 amide bonds. The first-order valence-corrected chi connectivity index (χ1v) is 8.11. The van der Waals surface area contributed by atoms with E-state index in [9.17, 15) is 9.13 Å². The Hall–Kier alpha value is -0.720. The summed E-state index contributed by atoms with van der Waals surface area (Å²) < 4.78 is 34.4. The van der Waals surface area contributed by atoms with Gasteiger partial charge in [0, 0.05) is 0 Å². The summed E-state index contributed by atoms with van der Waals surface area (Å²) in [6.07, 6.45) is 0. The molecule has 0 spiro atoms. The monoisotopic (exact) mass is 298 g/mol. The molecule has 1 unspecified atom stereocenters. The van der Waals surface area contributed by atoms with Crippen LogP contribution >= 0.6 is 15.2 Å². The molecule has 0 aliphatic carbocycles. The molecule has 0 aromatic heterocycles. The minimum Gasteiger partial charge on any atom is -0.314 e. The first-order valence-electron chi connectivity index (χ1n) is 4.99. The van der Waals surface area contributed by atoms with E-state index in [0.29, 0.717) is 0 Å². The van der Waals surface area contributed by atoms with Gasteiger partial charge in [0.05, 0.1) is 19.8 Å². The zero-order valence-corrected chi connectivity index (χ0v) is 12.2. The smallest absolute Gasteiger partial charge is 0.314 e. The molecule has 10 heteroatoms. The Kier molecular flexibility index (Phi) is 11.1. The van der Waals surface area contributed by atoms with Crippen molar-refractivity contribution in [2.24, 2.45) is 0 Å². The van der Waals surface area contributed by atoms with Gasteiger partial charge in [-0.25, -0.2) is 9.13 Å². The number of nitrogens with zero attached hydrogens (tertiary/aromatic N) is 2. The fourth-order valence-corrected chi connectivity index (χ4v) is 1.92. The fourth-order valence-electron chi connectivity index (χ4n) is 0.639. The maximum atomic E-state index is 11.0. The van der Waals surface area contributed by atoms with Crippen LogP contribution < -0.4 is 0 Å². The van der Waals surface area contributed by atoms with Crippen LogP contribution in [0, 0.1) is 22.1 Å². The third-order valence-corrected chi connectivity index (χ3v) is 3.45. The van der Waals surface area contributed by atoms with E-state index in [4.69, 9.17) is 15.4 Å². The SMILES string of the molecule is CCOP(=O)(C#N)OCC.CCOP(=O)(O)C#N. The van der Waals surface area contributed by atoms with Crippen molar-refractivity contribution >= 4 is 15.2 Å². The molecule has 0 fully saturated rings. The lowest BCUT2D eigenvalue weighted by molar-refractivity contribution is 0.230. The lowest BCUT2D eigenvalue weighted by Gasteiger charge is -2.06. The highest BCUT2D eigenvalue weighted by atomic mass is 31.2. The quantitative estimate of drug-likeness (QED) is 0.740. The second kappa shape index (κ2) is 10.2. The second-order valence-corrected chi connectivity index (χ2v) is 5.68. The minimum absolute atomic E-state index is 0.0847. The van der Waals surface area contributed by atoms with Crippen LogP contribution in [0.25, 0.3) is 0 Å². The topological polar surface area (TPSA) is 130 Å². The Bertz CT molecular complexity index is 389. The van der Waals surface area contributed by atoms with Crippen molar-refractivity contribution in [1.82, 2.24) is 0 Å². The zero-order chi connectivity index (χ0) is 14.7. The Labute approximate surface area is 106 Å². The number of hydrogen-bond acceptors (Lipinski definition) is 7. The van der Waals surface area contributed by atoms with E-state index in [1.165, 1.54) is 5.81 Å². The van der Waals surface area contributed by atoms with Crippen molar-refractivity contribution in [3.63, 3.8) is 0 Å². The van der Waals surface area contributed by atoms with Gasteiger partial charge >= 0.3 is 15.2 Å². The Balaban J connectivity index is 0. The highest BCUT2D eigenvalue weighted by molar-refractivity contribution is 7.59. The molecule has 0 rings (SSSR count).